The van der Waals surface area contributed by atoms with Gasteiger partial charge in [-0.2, -0.15) is 0 Å². The predicted octanol–water partition coefficient (Wildman–Crippen LogP) is 1.34. The topological polar surface area (TPSA) is 27.7 Å². The van der Waals surface area contributed by atoms with Crippen LogP contribution in [0.15, 0.2) is 18.2 Å². The molecule has 1 aromatic rings. The molecule has 1 N–H and O–H groups in total. The molecule has 0 amide bonds. The second-order valence-electron chi connectivity index (χ2n) is 5.46. The number of hydrogen-bond donors (Lipinski definition) is 1. The first-order valence-electron chi connectivity index (χ1n) is 6.96. The Balaban J connectivity index is 2.27. The van der Waals surface area contributed by atoms with Crippen LogP contribution in [0.2, 0.25) is 0 Å². The summed E-state index contributed by atoms with van der Waals surface area (Å²) in [6.07, 6.45) is 0. The minimum atomic E-state index is -0.217. The number of nitrogens with zero attached hydrogens (tertiary/aromatic N) is 2. The third-order valence-electron chi connectivity index (χ3n) is 4.14. The van der Waals surface area contributed by atoms with E-state index in [1.807, 2.05) is 19.2 Å². The van der Waals surface area contributed by atoms with Gasteiger partial charge in [0, 0.05) is 37.3 Å². The minimum Gasteiger partial charge on any atom is -0.497 e. The van der Waals surface area contributed by atoms with E-state index in [1.165, 1.54) is 6.07 Å². The maximum Gasteiger partial charge on any atom is 0.131 e. The van der Waals surface area contributed by atoms with Crippen molar-refractivity contribution in [3.05, 3.63) is 29.6 Å². The first-order valence-corrected chi connectivity index (χ1v) is 6.96. The first kappa shape index (κ1) is 15.2. The van der Waals surface area contributed by atoms with Crippen molar-refractivity contribution in [2.75, 3.05) is 47.9 Å². The summed E-state index contributed by atoms with van der Waals surface area (Å²) < 4.78 is 19.4. The van der Waals surface area contributed by atoms with Gasteiger partial charge >= 0.3 is 0 Å². The highest BCUT2D eigenvalue weighted by Crippen LogP contribution is 2.27. The molecule has 5 heteroatoms. The summed E-state index contributed by atoms with van der Waals surface area (Å²) >= 11 is 0. The van der Waals surface area contributed by atoms with Crippen molar-refractivity contribution in [1.82, 2.24) is 15.1 Å². The molecule has 112 valence electrons. The summed E-state index contributed by atoms with van der Waals surface area (Å²) in [5.74, 6) is 0.334. The fourth-order valence-corrected chi connectivity index (χ4v) is 2.85. The molecule has 1 aliphatic rings. The third-order valence-corrected chi connectivity index (χ3v) is 4.14. The molecule has 0 saturated carbocycles. The molecule has 20 heavy (non-hydrogen) atoms. The molecule has 1 aliphatic heterocycles. The van der Waals surface area contributed by atoms with E-state index in [0.29, 0.717) is 11.3 Å². The average Bonchev–Trinajstić information content (AvgIpc) is 2.44. The number of benzene rings is 1. The van der Waals surface area contributed by atoms with Gasteiger partial charge in [0.05, 0.1) is 13.2 Å². The summed E-state index contributed by atoms with van der Waals surface area (Å²) in [5, 5.41) is 3.27. The lowest BCUT2D eigenvalue weighted by atomic mass is 9.96. The van der Waals surface area contributed by atoms with E-state index in [0.717, 1.165) is 19.6 Å². The molecule has 1 fully saturated rings. The number of ether oxygens (including phenoxy) is 1. The maximum absolute atomic E-state index is 14.3. The number of methoxy groups -OCH3 is 1. The molecule has 0 aromatic heterocycles. The normalized spacial score (nSPS) is 22.8. The molecule has 2 unspecified atom stereocenters. The fraction of sp³-hybridized carbons (Fsp3) is 0.600. The summed E-state index contributed by atoms with van der Waals surface area (Å²) in [6.45, 7) is 2.97. The molecule has 2 atom stereocenters. The third kappa shape index (κ3) is 3.11. The van der Waals surface area contributed by atoms with Crippen molar-refractivity contribution in [1.29, 1.82) is 0 Å². The molecule has 0 radical (unpaired) electrons. The summed E-state index contributed by atoms with van der Waals surface area (Å²) in [7, 11) is 7.64. The van der Waals surface area contributed by atoms with Gasteiger partial charge in [-0.1, -0.05) is 6.07 Å². The highest BCUT2D eigenvalue weighted by molar-refractivity contribution is 5.31. The van der Waals surface area contributed by atoms with Gasteiger partial charge in [0.1, 0.15) is 11.6 Å². The SMILES string of the molecule is CNC(c1ccc(OC)cc1F)C1CN(C)CCN1C. The van der Waals surface area contributed by atoms with E-state index < -0.39 is 0 Å². The molecule has 0 bridgehead atoms. The number of piperazine rings is 1. The number of hydrogen-bond acceptors (Lipinski definition) is 4. The van der Waals surface area contributed by atoms with Crippen LogP contribution < -0.4 is 10.1 Å². The van der Waals surface area contributed by atoms with E-state index in [-0.39, 0.29) is 17.9 Å². The lowest BCUT2D eigenvalue weighted by Crippen LogP contribution is -2.54. The summed E-state index contributed by atoms with van der Waals surface area (Å²) in [6, 6.07) is 5.30. The van der Waals surface area contributed by atoms with Gasteiger partial charge in [0.2, 0.25) is 0 Å². The Morgan fingerprint density at radius 1 is 1.35 bits per heavy atom. The van der Waals surface area contributed by atoms with E-state index in [9.17, 15) is 4.39 Å². The zero-order valence-electron chi connectivity index (χ0n) is 12.7. The van der Waals surface area contributed by atoms with Crippen LogP contribution >= 0.6 is 0 Å². The Labute approximate surface area is 120 Å². The quantitative estimate of drug-likeness (QED) is 0.901. The molecule has 4 nitrogen and oxygen atoms in total. The van der Waals surface area contributed by atoms with Crippen LogP contribution in [0.25, 0.3) is 0 Å². The molecule has 0 aliphatic carbocycles. The Bertz CT molecular complexity index is 455. The number of rotatable bonds is 4. The zero-order valence-corrected chi connectivity index (χ0v) is 12.7. The molecule has 1 saturated heterocycles. The smallest absolute Gasteiger partial charge is 0.131 e. The van der Waals surface area contributed by atoms with Gasteiger partial charge in [-0.3, -0.25) is 4.90 Å². The average molecular weight is 281 g/mol. The van der Waals surface area contributed by atoms with Gasteiger partial charge in [-0.15, -0.1) is 0 Å². The van der Waals surface area contributed by atoms with Crippen molar-refractivity contribution in [2.24, 2.45) is 0 Å². The predicted molar refractivity (Wildman–Crippen MR) is 78.7 cm³/mol. The Morgan fingerprint density at radius 3 is 2.70 bits per heavy atom. The highest BCUT2D eigenvalue weighted by atomic mass is 19.1. The molecule has 2 rings (SSSR count). The first-order chi connectivity index (χ1) is 9.56. The van der Waals surface area contributed by atoms with Gasteiger partial charge in [0.15, 0.2) is 0 Å². The second-order valence-corrected chi connectivity index (χ2v) is 5.46. The van der Waals surface area contributed by atoms with Crippen molar-refractivity contribution in [3.8, 4) is 5.75 Å². The van der Waals surface area contributed by atoms with Crippen LogP contribution in [-0.4, -0.2) is 63.7 Å². The number of nitrogens with one attached hydrogen (secondary N) is 1. The van der Waals surface area contributed by atoms with E-state index in [4.69, 9.17) is 4.74 Å². The Hall–Kier alpha value is -1.17. The number of halogens is 1. The fourth-order valence-electron chi connectivity index (χ4n) is 2.85. The Morgan fingerprint density at radius 2 is 2.10 bits per heavy atom. The minimum absolute atomic E-state index is 0.0337. The second kappa shape index (κ2) is 6.52. The monoisotopic (exact) mass is 281 g/mol. The van der Waals surface area contributed by atoms with Crippen LogP contribution in [0.3, 0.4) is 0 Å². The zero-order chi connectivity index (χ0) is 14.7. The van der Waals surface area contributed by atoms with Gasteiger partial charge in [-0.25, -0.2) is 4.39 Å². The van der Waals surface area contributed by atoms with Crippen molar-refractivity contribution >= 4 is 0 Å². The van der Waals surface area contributed by atoms with Gasteiger partial charge in [-0.05, 0) is 27.2 Å². The van der Waals surface area contributed by atoms with Crippen LogP contribution in [0.5, 0.6) is 5.75 Å². The molecular weight excluding hydrogens is 257 g/mol. The van der Waals surface area contributed by atoms with E-state index in [2.05, 4.69) is 29.2 Å². The summed E-state index contributed by atoms with van der Waals surface area (Å²) in [4.78, 5) is 4.58. The van der Waals surface area contributed by atoms with Crippen molar-refractivity contribution < 1.29 is 9.13 Å². The molecule has 0 spiro atoms. The van der Waals surface area contributed by atoms with Crippen LogP contribution in [0.4, 0.5) is 4.39 Å². The maximum atomic E-state index is 14.3. The van der Waals surface area contributed by atoms with Crippen LogP contribution in [0, 0.1) is 5.82 Å². The van der Waals surface area contributed by atoms with Crippen molar-refractivity contribution in [2.45, 2.75) is 12.1 Å². The molecular formula is C15H24FN3O. The van der Waals surface area contributed by atoms with Crippen LogP contribution in [0.1, 0.15) is 11.6 Å². The Kier molecular flexibility index (Phi) is 4.96. The standard InChI is InChI=1S/C15H24FN3O/c1-17-15(14-10-18(2)7-8-19(14)3)12-6-5-11(20-4)9-13(12)16/h5-6,9,14-15,17H,7-8,10H2,1-4H3. The van der Waals surface area contributed by atoms with Gasteiger partial charge < -0.3 is 15.0 Å². The van der Waals surface area contributed by atoms with Crippen LogP contribution in [-0.2, 0) is 0 Å². The lowest BCUT2D eigenvalue weighted by molar-refractivity contribution is 0.0887. The largest absolute Gasteiger partial charge is 0.497 e. The number of likely N-dealkylation sites (N-methyl/N-ethyl adjacent to an activating group) is 3. The lowest BCUT2D eigenvalue weighted by Gasteiger charge is -2.42. The molecule has 1 aromatic carbocycles. The highest BCUT2D eigenvalue weighted by Gasteiger charge is 2.31. The van der Waals surface area contributed by atoms with E-state index >= 15 is 0 Å². The van der Waals surface area contributed by atoms with Gasteiger partial charge in [0.25, 0.3) is 0 Å². The van der Waals surface area contributed by atoms with E-state index in [1.54, 1.807) is 7.11 Å². The van der Waals surface area contributed by atoms with Crippen molar-refractivity contribution in [3.63, 3.8) is 0 Å². The summed E-state index contributed by atoms with van der Waals surface area (Å²) in [5.41, 5.74) is 0.695. The molecule has 1 heterocycles.